The van der Waals surface area contributed by atoms with Crippen molar-refractivity contribution in [3.63, 3.8) is 0 Å². The van der Waals surface area contributed by atoms with Gasteiger partial charge in [0.2, 0.25) is 5.91 Å². The van der Waals surface area contributed by atoms with Crippen molar-refractivity contribution in [1.29, 1.82) is 0 Å². The monoisotopic (exact) mass is 186 g/mol. The normalized spacial score (nSPS) is 26.4. The minimum Gasteiger partial charge on any atom is -0.367 e. The molecule has 1 rings (SSSR count). The van der Waals surface area contributed by atoms with Crippen molar-refractivity contribution in [2.45, 2.75) is 38.4 Å². The molecule has 1 fully saturated rings. The van der Waals surface area contributed by atoms with Crippen LogP contribution in [0.2, 0.25) is 0 Å². The zero-order valence-electron chi connectivity index (χ0n) is 8.08. The lowest BCUT2D eigenvalue weighted by molar-refractivity contribution is -0.131. The van der Waals surface area contributed by atoms with Gasteiger partial charge in [0, 0.05) is 6.54 Å². The summed E-state index contributed by atoms with van der Waals surface area (Å²) in [7, 11) is 0. The number of carbonyl (C=O) groups excluding carboxylic acids is 1. The van der Waals surface area contributed by atoms with E-state index in [9.17, 15) is 4.79 Å². The van der Waals surface area contributed by atoms with Crippen LogP contribution in [0.5, 0.6) is 0 Å². The second-order valence-corrected chi connectivity index (χ2v) is 3.50. The van der Waals surface area contributed by atoms with Crippen LogP contribution in [0.25, 0.3) is 0 Å². The van der Waals surface area contributed by atoms with E-state index >= 15 is 0 Å². The SMILES string of the molecule is CC(OC1CCCCNC1)C(N)=O. The molecule has 1 aliphatic heterocycles. The minimum atomic E-state index is -0.468. The van der Waals surface area contributed by atoms with Crippen LogP contribution in [-0.4, -0.2) is 31.2 Å². The summed E-state index contributed by atoms with van der Waals surface area (Å²) in [4.78, 5) is 10.7. The maximum atomic E-state index is 10.7. The summed E-state index contributed by atoms with van der Waals surface area (Å²) < 4.78 is 5.50. The summed E-state index contributed by atoms with van der Waals surface area (Å²) >= 11 is 0. The van der Waals surface area contributed by atoms with Gasteiger partial charge in [0.25, 0.3) is 0 Å². The van der Waals surface area contributed by atoms with Gasteiger partial charge >= 0.3 is 0 Å². The number of nitrogens with one attached hydrogen (secondary N) is 1. The van der Waals surface area contributed by atoms with E-state index in [0.717, 1.165) is 25.9 Å². The molecule has 1 aliphatic rings. The van der Waals surface area contributed by atoms with Gasteiger partial charge < -0.3 is 15.8 Å². The predicted molar refractivity (Wildman–Crippen MR) is 50.3 cm³/mol. The maximum absolute atomic E-state index is 10.7. The van der Waals surface area contributed by atoms with Gasteiger partial charge in [0.15, 0.2) is 0 Å². The van der Waals surface area contributed by atoms with Gasteiger partial charge in [0.1, 0.15) is 6.10 Å². The highest BCUT2D eigenvalue weighted by Gasteiger charge is 2.17. The van der Waals surface area contributed by atoms with Gasteiger partial charge in [-0.1, -0.05) is 0 Å². The molecule has 2 unspecified atom stereocenters. The van der Waals surface area contributed by atoms with Crippen LogP contribution in [-0.2, 0) is 9.53 Å². The van der Waals surface area contributed by atoms with Crippen LogP contribution >= 0.6 is 0 Å². The molecule has 2 atom stereocenters. The van der Waals surface area contributed by atoms with Crippen LogP contribution < -0.4 is 11.1 Å². The van der Waals surface area contributed by atoms with Crippen LogP contribution in [0, 0.1) is 0 Å². The van der Waals surface area contributed by atoms with Crippen LogP contribution in [0.1, 0.15) is 26.2 Å². The van der Waals surface area contributed by atoms with Gasteiger partial charge in [0.05, 0.1) is 6.10 Å². The third-order valence-electron chi connectivity index (χ3n) is 2.30. The van der Waals surface area contributed by atoms with E-state index in [1.165, 1.54) is 6.42 Å². The third-order valence-corrected chi connectivity index (χ3v) is 2.30. The van der Waals surface area contributed by atoms with Crippen molar-refractivity contribution in [2.75, 3.05) is 13.1 Å². The van der Waals surface area contributed by atoms with Gasteiger partial charge in [-0.3, -0.25) is 4.79 Å². The van der Waals surface area contributed by atoms with Crippen molar-refractivity contribution in [3.05, 3.63) is 0 Å². The number of carbonyl (C=O) groups is 1. The van der Waals surface area contributed by atoms with Crippen molar-refractivity contribution in [1.82, 2.24) is 5.32 Å². The van der Waals surface area contributed by atoms with E-state index in [1.54, 1.807) is 6.92 Å². The number of ether oxygens (including phenoxy) is 1. The highest BCUT2D eigenvalue weighted by atomic mass is 16.5. The molecule has 0 aromatic carbocycles. The molecule has 1 amide bonds. The maximum Gasteiger partial charge on any atom is 0.246 e. The lowest BCUT2D eigenvalue weighted by Gasteiger charge is -2.18. The van der Waals surface area contributed by atoms with Gasteiger partial charge in [-0.2, -0.15) is 0 Å². The highest BCUT2D eigenvalue weighted by molar-refractivity contribution is 5.78. The Morgan fingerprint density at radius 1 is 1.62 bits per heavy atom. The number of amides is 1. The van der Waals surface area contributed by atoms with Crippen LogP contribution in [0.15, 0.2) is 0 Å². The van der Waals surface area contributed by atoms with E-state index < -0.39 is 6.10 Å². The standard InChI is InChI=1S/C9H18N2O2/c1-7(9(10)12)13-8-4-2-3-5-11-6-8/h7-8,11H,2-6H2,1H3,(H2,10,12). The Bertz CT molecular complexity index is 165. The molecule has 4 heteroatoms. The van der Waals surface area contributed by atoms with Crippen LogP contribution in [0.3, 0.4) is 0 Å². The molecule has 1 saturated heterocycles. The Labute approximate surface area is 78.8 Å². The van der Waals surface area contributed by atoms with Crippen molar-refractivity contribution in [3.8, 4) is 0 Å². The molecule has 0 bridgehead atoms. The number of primary amides is 1. The first-order chi connectivity index (χ1) is 6.20. The number of hydrogen-bond donors (Lipinski definition) is 2. The first-order valence-corrected chi connectivity index (χ1v) is 4.85. The van der Waals surface area contributed by atoms with E-state index in [1.807, 2.05) is 0 Å². The summed E-state index contributed by atoms with van der Waals surface area (Å²) in [5, 5.41) is 3.26. The lowest BCUT2D eigenvalue weighted by atomic mass is 10.2. The van der Waals surface area contributed by atoms with Crippen LogP contribution in [0.4, 0.5) is 0 Å². The molecular weight excluding hydrogens is 168 g/mol. The van der Waals surface area contributed by atoms with Crippen molar-refractivity contribution >= 4 is 5.91 Å². The fourth-order valence-electron chi connectivity index (χ4n) is 1.46. The Hall–Kier alpha value is -0.610. The highest BCUT2D eigenvalue weighted by Crippen LogP contribution is 2.09. The largest absolute Gasteiger partial charge is 0.367 e. The Kier molecular flexibility index (Phi) is 4.18. The zero-order valence-corrected chi connectivity index (χ0v) is 8.08. The quantitative estimate of drug-likeness (QED) is 0.653. The van der Waals surface area contributed by atoms with Crippen molar-refractivity contribution < 1.29 is 9.53 Å². The Balaban J connectivity index is 2.29. The summed E-state index contributed by atoms with van der Waals surface area (Å²) in [6.45, 7) is 3.58. The second kappa shape index (κ2) is 5.19. The fourth-order valence-corrected chi connectivity index (χ4v) is 1.46. The molecular formula is C9H18N2O2. The number of rotatable bonds is 3. The fraction of sp³-hybridized carbons (Fsp3) is 0.889. The summed E-state index contributed by atoms with van der Waals surface area (Å²) in [6, 6.07) is 0. The Morgan fingerprint density at radius 2 is 2.38 bits per heavy atom. The molecule has 76 valence electrons. The number of hydrogen-bond acceptors (Lipinski definition) is 3. The predicted octanol–water partition coefficient (Wildman–Crippen LogP) is 0.0189. The molecule has 0 aliphatic carbocycles. The molecule has 4 nitrogen and oxygen atoms in total. The summed E-state index contributed by atoms with van der Waals surface area (Å²) in [5.41, 5.74) is 5.11. The zero-order chi connectivity index (χ0) is 9.68. The lowest BCUT2D eigenvalue weighted by Crippen LogP contribution is -2.36. The smallest absolute Gasteiger partial charge is 0.246 e. The van der Waals surface area contributed by atoms with Gasteiger partial charge in [-0.05, 0) is 32.7 Å². The van der Waals surface area contributed by atoms with E-state index in [4.69, 9.17) is 10.5 Å². The summed E-state index contributed by atoms with van der Waals surface area (Å²) in [6.07, 6.45) is 3.04. The first kappa shape index (κ1) is 10.5. The molecule has 1 heterocycles. The molecule has 13 heavy (non-hydrogen) atoms. The topological polar surface area (TPSA) is 64.3 Å². The molecule has 3 N–H and O–H groups in total. The summed E-state index contributed by atoms with van der Waals surface area (Å²) in [5.74, 6) is -0.385. The van der Waals surface area contributed by atoms with Crippen molar-refractivity contribution in [2.24, 2.45) is 5.73 Å². The molecule has 0 radical (unpaired) electrons. The molecule has 0 aromatic rings. The molecule has 0 spiro atoms. The number of nitrogens with two attached hydrogens (primary N) is 1. The average Bonchev–Trinajstić information content (AvgIpc) is 2.32. The first-order valence-electron chi connectivity index (χ1n) is 4.85. The van der Waals surface area contributed by atoms with Gasteiger partial charge in [-0.25, -0.2) is 0 Å². The minimum absolute atomic E-state index is 0.144. The van der Waals surface area contributed by atoms with E-state index in [-0.39, 0.29) is 12.0 Å². The Morgan fingerprint density at radius 3 is 3.08 bits per heavy atom. The van der Waals surface area contributed by atoms with E-state index in [0.29, 0.717) is 0 Å². The third kappa shape index (κ3) is 3.74. The average molecular weight is 186 g/mol. The molecule has 0 aromatic heterocycles. The second-order valence-electron chi connectivity index (χ2n) is 3.50. The van der Waals surface area contributed by atoms with Gasteiger partial charge in [-0.15, -0.1) is 0 Å². The van der Waals surface area contributed by atoms with E-state index in [2.05, 4.69) is 5.32 Å². The molecule has 0 saturated carbocycles.